The van der Waals surface area contributed by atoms with Crippen molar-refractivity contribution in [3.63, 3.8) is 0 Å². The van der Waals surface area contributed by atoms with Crippen molar-refractivity contribution >= 4 is 39.4 Å². The molecule has 0 aliphatic rings. The molecular formula is C19H23BrClN3O2. The number of carbonyl (C=O) groups excluding carboxylic acids is 1. The number of aromatic nitrogens is 1. The van der Waals surface area contributed by atoms with Gasteiger partial charge >= 0.3 is 6.03 Å². The van der Waals surface area contributed by atoms with Gasteiger partial charge in [-0.2, -0.15) is 0 Å². The van der Waals surface area contributed by atoms with Gasteiger partial charge in [0, 0.05) is 12.7 Å². The Morgan fingerprint density at radius 2 is 2.04 bits per heavy atom. The Morgan fingerprint density at radius 1 is 1.27 bits per heavy atom. The maximum Gasteiger partial charge on any atom is 0.320 e. The fraction of sp³-hybridized carbons (Fsp3) is 0.368. The van der Waals surface area contributed by atoms with Crippen molar-refractivity contribution in [2.75, 3.05) is 18.5 Å². The number of pyridine rings is 1. The second-order valence-electron chi connectivity index (χ2n) is 6.84. The van der Waals surface area contributed by atoms with E-state index < -0.39 is 0 Å². The average Bonchev–Trinajstić information content (AvgIpc) is 2.57. The summed E-state index contributed by atoms with van der Waals surface area (Å²) in [6, 6.07) is 9.13. The van der Waals surface area contributed by atoms with E-state index in [-0.39, 0.29) is 11.4 Å². The fourth-order valence-corrected chi connectivity index (χ4v) is 2.76. The first kappa shape index (κ1) is 20.5. The number of anilines is 1. The van der Waals surface area contributed by atoms with Crippen molar-refractivity contribution in [2.24, 2.45) is 0 Å². The van der Waals surface area contributed by atoms with Crippen LogP contribution in [0.4, 0.5) is 10.6 Å². The number of nitrogens with one attached hydrogen (secondary N) is 2. The Labute approximate surface area is 167 Å². The van der Waals surface area contributed by atoms with Crippen LogP contribution in [0.25, 0.3) is 0 Å². The van der Waals surface area contributed by atoms with E-state index in [1.54, 1.807) is 12.1 Å². The molecule has 2 aromatic rings. The first-order chi connectivity index (χ1) is 12.3. The molecule has 0 atom stereocenters. The number of amides is 2. The van der Waals surface area contributed by atoms with E-state index in [0.717, 1.165) is 10.2 Å². The molecule has 0 radical (unpaired) electrons. The number of hydrogen-bond donors (Lipinski definition) is 2. The number of benzene rings is 1. The van der Waals surface area contributed by atoms with Crippen LogP contribution in [0.3, 0.4) is 0 Å². The minimum Gasteiger partial charge on any atom is -0.492 e. The highest BCUT2D eigenvalue weighted by Gasteiger charge is 2.15. The van der Waals surface area contributed by atoms with Crippen LogP contribution in [-0.4, -0.2) is 24.2 Å². The highest BCUT2D eigenvalue weighted by molar-refractivity contribution is 9.10. The summed E-state index contributed by atoms with van der Waals surface area (Å²) in [5, 5.41) is 5.92. The predicted octanol–water partition coefficient (Wildman–Crippen LogP) is 5.39. The SMILES string of the molecule is CC(C)(C)c1ccc(OCCCNC(=O)Nc2ccc(Cl)cn2)c(Br)c1. The van der Waals surface area contributed by atoms with Crippen LogP contribution < -0.4 is 15.4 Å². The summed E-state index contributed by atoms with van der Waals surface area (Å²) in [6.45, 7) is 7.52. The van der Waals surface area contributed by atoms with Gasteiger partial charge in [-0.1, -0.05) is 38.4 Å². The molecule has 0 saturated carbocycles. The van der Waals surface area contributed by atoms with Crippen LogP contribution in [0, 0.1) is 0 Å². The standard InChI is InChI=1S/C19H23BrClN3O2/c1-19(2,3)13-5-7-16(15(20)11-13)26-10-4-9-22-18(25)24-17-8-6-14(21)12-23-17/h5-8,11-12H,4,9-10H2,1-3H3,(H2,22,23,24,25). The lowest BCUT2D eigenvalue weighted by Gasteiger charge is -2.20. The third-order valence-corrected chi connectivity index (χ3v) is 4.47. The van der Waals surface area contributed by atoms with Crippen molar-refractivity contribution in [1.82, 2.24) is 10.3 Å². The second-order valence-corrected chi connectivity index (χ2v) is 8.13. The Kier molecular flexibility index (Phi) is 7.29. The fourth-order valence-electron chi connectivity index (χ4n) is 2.15. The Bertz CT molecular complexity index is 745. The van der Waals surface area contributed by atoms with Gasteiger partial charge in [-0.05, 0) is 57.6 Å². The smallest absolute Gasteiger partial charge is 0.320 e. The molecule has 1 heterocycles. The molecule has 0 spiro atoms. The molecule has 0 aliphatic heterocycles. The van der Waals surface area contributed by atoms with Crippen LogP contribution in [0.1, 0.15) is 32.8 Å². The summed E-state index contributed by atoms with van der Waals surface area (Å²) in [7, 11) is 0. The van der Waals surface area contributed by atoms with Crippen LogP contribution in [0.15, 0.2) is 41.0 Å². The molecule has 1 aromatic carbocycles. The third-order valence-electron chi connectivity index (χ3n) is 3.63. The van der Waals surface area contributed by atoms with E-state index in [1.165, 1.54) is 11.8 Å². The van der Waals surface area contributed by atoms with Crippen molar-refractivity contribution < 1.29 is 9.53 Å². The summed E-state index contributed by atoms with van der Waals surface area (Å²) in [6.07, 6.45) is 2.17. The van der Waals surface area contributed by atoms with Gasteiger partial charge < -0.3 is 10.1 Å². The number of ether oxygens (including phenoxy) is 1. The molecule has 2 N–H and O–H groups in total. The van der Waals surface area contributed by atoms with Gasteiger partial charge in [-0.15, -0.1) is 0 Å². The summed E-state index contributed by atoms with van der Waals surface area (Å²) >= 11 is 9.30. The van der Waals surface area contributed by atoms with Gasteiger partial charge in [0.15, 0.2) is 0 Å². The number of carbonyl (C=O) groups is 1. The normalized spacial score (nSPS) is 11.1. The van der Waals surface area contributed by atoms with Gasteiger partial charge in [-0.25, -0.2) is 9.78 Å². The van der Waals surface area contributed by atoms with Crippen LogP contribution in [0.5, 0.6) is 5.75 Å². The minimum absolute atomic E-state index is 0.0945. The number of rotatable bonds is 6. The molecule has 140 valence electrons. The first-order valence-corrected chi connectivity index (χ1v) is 9.52. The van der Waals surface area contributed by atoms with Crippen molar-refractivity contribution in [2.45, 2.75) is 32.6 Å². The minimum atomic E-state index is -0.310. The largest absolute Gasteiger partial charge is 0.492 e. The van der Waals surface area contributed by atoms with Crippen molar-refractivity contribution in [1.29, 1.82) is 0 Å². The van der Waals surface area contributed by atoms with Gasteiger partial charge in [0.25, 0.3) is 0 Å². The molecule has 7 heteroatoms. The summed E-state index contributed by atoms with van der Waals surface area (Å²) in [5.74, 6) is 1.25. The summed E-state index contributed by atoms with van der Waals surface area (Å²) in [5.41, 5.74) is 1.34. The van der Waals surface area contributed by atoms with Gasteiger partial charge in [0.1, 0.15) is 11.6 Å². The molecule has 2 amide bonds. The summed E-state index contributed by atoms with van der Waals surface area (Å²) < 4.78 is 6.71. The zero-order valence-corrected chi connectivity index (χ0v) is 17.4. The van der Waals surface area contributed by atoms with Crippen LogP contribution in [0.2, 0.25) is 5.02 Å². The molecule has 5 nitrogen and oxygen atoms in total. The van der Waals surface area contributed by atoms with E-state index >= 15 is 0 Å². The Balaban J connectivity index is 1.70. The molecule has 0 unspecified atom stereocenters. The van der Waals surface area contributed by atoms with Gasteiger partial charge in [-0.3, -0.25) is 5.32 Å². The predicted molar refractivity (Wildman–Crippen MR) is 109 cm³/mol. The van der Waals surface area contributed by atoms with E-state index in [0.29, 0.717) is 30.4 Å². The number of urea groups is 1. The van der Waals surface area contributed by atoms with Crippen LogP contribution in [-0.2, 0) is 5.41 Å². The Hall–Kier alpha value is -1.79. The zero-order chi connectivity index (χ0) is 19.2. The van der Waals surface area contributed by atoms with E-state index in [2.05, 4.69) is 64.5 Å². The van der Waals surface area contributed by atoms with E-state index in [1.807, 2.05) is 6.07 Å². The molecule has 0 bridgehead atoms. The number of hydrogen-bond acceptors (Lipinski definition) is 3. The molecule has 1 aromatic heterocycles. The Morgan fingerprint density at radius 3 is 2.65 bits per heavy atom. The van der Waals surface area contributed by atoms with E-state index in [4.69, 9.17) is 16.3 Å². The molecule has 26 heavy (non-hydrogen) atoms. The molecule has 0 fully saturated rings. The second kappa shape index (κ2) is 9.24. The third kappa shape index (κ3) is 6.50. The topological polar surface area (TPSA) is 63.2 Å². The maximum atomic E-state index is 11.8. The van der Waals surface area contributed by atoms with Crippen molar-refractivity contribution in [3.8, 4) is 5.75 Å². The maximum absolute atomic E-state index is 11.8. The zero-order valence-electron chi connectivity index (χ0n) is 15.1. The molecule has 0 saturated heterocycles. The average molecular weight is 441 g/mol. The number of nitrogens with zero attached hydrogens (tertiary/aromatic N) is 1. The number of halogens is 2. The first-order valence-electron chi connectivity index (χ1n) is 8.35. The molecule has 2 rings (SSSR count). The van der Waals surface area contributed by atoms with E-state index in [9.17, 15) is 4.79 Å². The van der Waals surface area contributed by atoms with Gasteiger partial charge in [0.05, 0.1) is 16.1 Å². The molecule has 0 aliphatic carbocycles. The lowest BCUT2D eigenvalue weighted by Crippen LogP contribution is -2.30. The molecular weight excluding hydrogens is 418 g/mol. The highest BCUT2D eigenvalue weighted by atomic mass is 79.9. The summed E-state index contributed by atoms with van der Waals surface area (Å²) in [4.78, 5) is 15.8. The quantitative estimate of drug-likeness (QED) is 0.592. The highest BCUT2D eigenvalue weighted by Crippen LogP contribution is 2.31. The lowest BCUT2D eigenvalue weighted by atomic mass is 9.87. The van der Waals surface area contributed by atoms with Gasteiger partial charge in [0.2, 0.25) is 0 Å². The van der Waals surface area contributed by atoms with Crippen LogP contribution >= 0.6 is 27.5 Å². The lowest BCUT2D eigenvalue weighted by molar-refractivity contribution is 0.250. The monoisotopic (exact) mass is 439 g/mol. The van der Waals surface area contributed by atoms with Crippen molar-refractivity contribution in [3.05, 3.63) is 51.6 Å².